The van der Waals surface area contributed by atoms with E-state index < -0.39 is 5.60 Å². The first kappa shape index (κ1) is 14.9. The van der Waals surface area contributed by atoms with E-state index in [1.54, 1.807) is 28.1 Å². The lowest BCUT2D eigenvalue weighted by molar-refractivity contribution is -0.651. The highest BCUT2D eigenvalue weighted by Crippen LogP contribution is 2.42. The quantitative estimate of drug-likeness (QED) is 0.878. The third kappa shape index (κ3) is 2.08. The van der Waals surface area contributed by atoms with E-state index in [9.17, 15) is 5.11 Å². The van der Waals surface area contributed by atoms with E-state index >= 15 is 0 Å². The fourth-order valence-corrected chi connectivity index (χ4v) is 3.10. The Kier molecular flexibility index (Phi) is 3.40. The molecule has 1 N–H and O–H groups in total. The van der Waals surface area contributed by atoms with Crippen molar-refractivity contribution in [3.05, 3.63) is 23.8 Å². The van der Waals surface area contributed by atoms with Crippen molar-refractivity contribution in [3.63, 3.8) is 0 Å². The number of benzene rings is 1. The molecule has 0 radical (unpaired) electrons. The standard InChI is InChI=1S/C17H22NO4/c1-17(2,19)13-9-11-15(21-5)10-7-6-8-12(20-4)14(10)18(3)16(11)22-13/h6-8,13,19H,9H2,1-5H3/q+1. The lowest BCUT2D eigenvalue weighted by Crippen LogP contribution is -2.41. The lowest BCUT2D eigenvalue weighted by Gasteiger charge is -2.23. The van der Waals surface area contributed by atoms with Crippen molar-refractivity contribution in [1.82, 2.24) is 0 Å². The zero-order chi connectivity index (χ0) is 16.1. The zero-order valence-electron chi connectivity index (χ0n) is 13.6. The summed E-state index contributed by atoms with van der Waals surface area (Å²) in [5, 5.41) is 11.3. The first-order valence-corrected chi connectivity index (χ1v) is 7.33. The first-order valence-electron chi connectivity index (χ1n) is 7.33. The molecule has 2 aromatic rings. The van der Waals surface area contributed by atoms with Crippen LogP contribution in [-0.2, 0) is 13.5 Å². The van der Waals surface area contributed by atoms with Crippen molar-refractivity contribution in [2.75, 3.05) is 14.2 Å². The molecule has 0 saturated heterocycles. The molecule has 2 heterocycles. The van der Waals surface area contributed by atoms with Crippen LogP contribution in [0.1, 0.15) is 19.4 Å². The Bertz CT molecular complexity index is 734. The van der Waals surface area contributed by atoms with Crippen LogP contribution in [0.15, 0.2) is 18.2 Å². The summed E-state index contributed by atoms with van der Waals surface area (Å²) in [6.45, 7) is 3.52. The van der Waals surface area contributed by atoms with E-state index in [1.165, 1.54) is 0 Å². The van der Waals surface area contributed by atoms with Crippen molar-refractivity contribution in [2.45, 2.75) is 32.0 Å². The van der Waals surface area contributed by atoms with Crippen LogP contribution < -0.4 is 18.8 Å². The molecule has 0 amide bonds. The molecule has 0 fully saturated rings. The van der Waals surface area contributed by atoms with Gasteiger partial charge in [0.15, 0.2) is 5.75 Å². The summed E-state index contributed by atoms with van der Waals surface area (Å²) in [7, 11) is 5.25. The average Bonchev–Trinajstić information content (AvgIpc) is 2.92. The number of aromatic nitrogens is 1. The van der Waals surface area contributed by atoms with Crippen LogP contribution in [0, 0.1) is 0 Å². The molecule has 0 saturated carbocycles. The smallest absolute Gasteiger partial charge is 0.375 e. The molecule has 1 aromatic heterocycles. The summed E-state index contributed by atoms with van der Waals surface area (Å²) in [6.07, 6.45) is 0.314. The number of hydrogen-bond acceptors (Lipinski definition) is 4. The highest BCUT2D eigenvalue weighted by molar-refractivity contribution is 5.89. The van der Waals surface area contributed by atoms with Gasteiger partial charge in [-0.2, -0.15) is 4.57 Å². The predicted octanol–water partition coefficient (Wildman–Crippen LogP) is 1.76. The molecule has 0 spiro atoms. The van der Waals surface area contributed by atoms with E-state index in [-0.39, 0.29) is 6.10 Å². The molecule has 1 unspecified atom stereocenters. The molecule has 1 aliphatic rings. The molecule has 1 aliphatic heterocycles. The minimum Gasteiger partial charge on any atom is -0.495 e. The fraction of sp³-hybridized carbons (Fsp3) is 0.471. The van der Waals surface area contributed by atoms with Gasteiger partial charge in [0.1, 0.15) is 24.5 Å². The minimum atomic E-state index is -0.923. The summed E-state index contributed by atoms with van der Waals surface area (Å²) in [4.78, 5) is 0. The van der Waals surface area contributed by atoms with Gasteiger partial charge in [-0.25, -0.2) is 0 Å². The Morgan fingerprint density at radius 2 is 2.00 bits per heavy atom. The number of fused-ring (bicyclic) bond motifs is 2. The number of hydrogen-bond donors (Lipinski definition) is 1. The maximum absolute atomic E-state index is 10.3. The van der Waals surface area contributed by atoms with Gasteiger partial charge in [0.2, 0.25) is 0 Å². The minimum absolute atomic E-state index is 0.301. The zero-order valence-corrected chi connectivity index (χ0v) is 13.6. The van der Waals surface area contributed by atoms with Gasteiger partial charge in [0.25, 0.3) is 5.52 Å². The molecule has 118 valence electrons. The molecule has 0 bridgehead atoms. The largest absolute Gasteiger partial charge is 0.495 e. The summed E-state index contributed by atoms with van der Waals surface area (Å²) in [5.41, 5.74) is 0.975. The number of nitrogens with zero attached hydrogens (tertiary/aromatic N) is 1. The Hall–Kier alpha value is -2.01. The van der Waals surface area contributed by atoms with Crippen LogP contribution in [0.5, 0.6) is 17.4 Å². The van der Waals surface area contributed by atoms with Gasteiger partial charge >= 0.3 is 5.88 Å². The summed E-state index contributed by atoms with van der Waals surface area (Å²) in [6, 6.07) is 5.87. The second kappa shape index (κ2) is 5.02. The Balaban J connectivity index is 2.30. The van der Waals surface area contributed by atoms with Gasteiger partial charge in [-0.15, -0.1) is 0 Å². The van der Waals surface area contributed by atoms with E-state index in [4.69, 9.17) is 14.2 Å². The van der Waals surface area contributed by atoms with Crippen LogP contribution in [0.25, 0.3) is 10.9 Å². The summed E-state index contributed by atoms with van der Waals surface area (Å²) in [5.74, 6) is 2.27. The van der Waals surface area contributed by atoms with Crippen LogP contribution in [-0.4, -0.2) is 31.0 Å². The molecule has 3 rings (SSSR count). The number of methoxy groups -OCH3 is 2. The molecule has 22 heavy (non-hydrogen) atoms. The average molecular weight is 304 g/mol. The van der Waals surface area contributed by atoms with Crippen LogP contribution >= 0.6 is 0 Å². The number of rotatable bonds is 3. The molecule has 5 nitrogen and oxygen atoms in total. The predicted molar refractivity (Wildman–Crippen MR) is 82.6 cm³/mol. The third-order valence-corrected chi connectivity index (χ3v) is 4.27. The second-order valence-electron chi connectivity index (χ2n) is 6.20. The number of aryl methyl sites for hydroxylation is 1. The Morgan fingerprint density at radius 1 is 1.27 bits per heavy atom. The number of ether oxygens (including phenoxy) is 3. The molecular weight excluding hydrogens is 282 g/mol. The van der Waals surface area contributed by atoms with Crippen LogP contribution in [0.3, 0.4) is 0 Å². The van der Waals surface area contributed by atoms with E-state index in [0.29, 0.717) is 6.42 Å². The maximum Gasteiger partial charge on any atom is 0.375 e. The number of para-hydroxylation sites is 1. The van der Waals surface area contributed by atoms with Crippen molar-refractivity contribution in [2.24, 2.45) is 7.05 Å². The molecule has 1 aromatic carbocycles. The lowest BCUT2D eigenvalue weighted by atomic mass is 9.96. The topological polar surface area (TPSA) is 51.8 Å². The normalized spacial score (nSPS) is 17.3. The third-order valence-electron chi connectivity index (χ3n) is 4.27. The van der Waals surface area contributed by atoms with Crippen LogP contribution in [0.4, 0.5) is 0 Å². The molecular formula is C17H22NO4+. The van der Waals surface area contributed by atoms with Gasteiger partial charge in [0.05, 0.1) is 25.2 Å². The summed E-state index contributed by atoms with van der Waals surface area (Å²) >= 11 is 0. The van der Waals surface area contributed by atoms with Gasteiger partial charge in [-0.05, 0) is 26.0 Å². The first-order chi connectivity index (χ1) is 10.4. The SMILES string of the molecule is COc1c2c([n+](C)c3c(OC)cccc13)OC(C(C)(C)O)C2. The van der Waals surface area contributed by atoms with Crippen molar-refractivity contribution < 1.29 is 23.9 Å². The van der Waals surface area contributed by atoms with Crippen molar-refractivity contribution >= 4 is 10.9 Å². The van der Waals surface area contributed by atoms with Gasteiger partial charge in [0, 0.05) is 6.42 Å². The van der Waals surface area contributed by atoms with E-state index in [0.717, 1.165) is 33.8 Å². The maximum atomic E-state index is 10.3. The molecule has 1 atom stereocenters. The van der Waals surface area contributed by atoms with Crippen molar-refractivity contribution in [1.29, 1.82) is 0 Å². The van der Waals surface area contributed by atoms with Gasteiger partial charge in [-0.1, -0.05) is 6.07 Å². The Labute approximate surface area is 130 Å². The van der Waals surface area contributed by atoms with Crippen LogP contribution in [0.2, 0.25) is 0 Å². The fourth-order valence-electron chi connectivity index (χ4n) is 3.10. The molecule has 0 aliphatic carbocycles. The monoisotopic (exact) mass is 304 g/mol. The van der Waals surface area contributed by atoms with Crippen molar-refractivity contribution in [3.8, 4) is 17.4 Å². The number of pyridine rings is 1. The van der Waals surface area contributed by atoms with Gasteiger partial charge in [-0.3, -0.25) is 0 Å². The van der Waals surface area contributed by atoms with E-state index in [2.05, 4.69) is 0 Å². The van der Waals surface area contributed by atoms with E-state index in [1.807, 2.05) is 29.8 Å². The molecule has 5 heteroatoms. The summed E-state index contributed by atoms with van der Waals surface area (Å²) < 4.78 is 19.1. The van der Waals surface area contributed by atoms with Gasteiger partial charge < -0.3 is 19.3 Å². The highest BCUT2D eigenvalue weighted by atomic mass is 16.5. The second-order valence-corrected chi connectivity index (χ2v) is 6.20. The number of aliphatic hydroxyl groups is 1. The Morgan fingerprint density at radius 3 is 2.59 bits per heavy atom. The highest BCUT2D eigenvalue weighted by Gasteiger charge is 2.42.